The van der Waals surface area contributed by atoms with Crippen molar-refractivity contribution in [1.29, 1.82) is 0 Å². The van der Waals surface area contributed by atoms with Crippen LogP contribution in [0.1, 0.15) is 81.6 Å². The maximum absolute atomic E-state index is 13.6. The van der Waals surface area contributed by atoms with Gasteiger partial charge in [-0.1, -0.05) is 59.2 Å². The molecule has 9 nitrogen and oxygen atoms in total. The quantitative estimate of drug-likeness (QED) is 0.132. The van der Waals surface area contributed by atoms with Crippen LogP contribution in [-0.2, 0) is 9.59 Å². The summed E-state index contributed by atoms with van der Waals surface area (Å²) in [5.74, 6) is 0.593. The van der Waals surface area contributed by atoms with Crippen molar-refractivity contribution in [3.05, 3.63) is 64.0 Å². The number of anilines is 1. The largest absolute Gasteiger partial charge is 0.495 e. The van der Waals surface area contributed by atoms with Crippen LogP contribution in [-0.4, -0.2) is 59.5 Å². The van der Waals surface area contributed by atoms with Gasteiger partial charge in [0.15, 0.2) is 0 Å². The van der Waals surface area contributed by atoms with Crippen LogP contribution < -0.4 is 25.7 Å². The molecule has 49 heavy (non-hydrogen) atoms. The van der Waals surface area contributed by atoms with Gasteiger partial charge in [-0.05, 0) is 93.8 Å². The van der Waals surface area contributed by atoms with E-state index in [1.165, 1.54) is 0 Å². The van der Waals surface area contributed by atoms with Gasteiger partial charge in [0.1, 0.15) is 17.8 Å². The molecule has 2 amide bonds. The summed E-state index contributed by atoms with van der Waals surface area (Å²) in [6.45, 7) is 19.9. The van der Waals surface area contributed by atoms with Gasteiger partial charge in [-0.2, -0.15) is 0 Å². The number of pyridine rings is 1. The van der Waals surface area contributed by atoms with E-state index in [1.54, 1.807) is 48.4 Å². The van der Waals surface area contributed by atoms with E-state index >= 15 is 0 Å². The topological polar surface area (TPSA) is 116 Å². The Morgan fingerprint density at radius 2 is 1.76 bits per heavy atom. The molecular formula is C38H56ClN5O4S. The summed E-state index contributed by atoms with van der Waals surface area (Å²) in [5, 5.41) is 8.27. The van der Waals surface area contributed by atoms with Gasteiger partial charge in [-0.15, -0.1) is 12.8 Å². The molecule has 1 fully saturated rings. The predicted molar refractivity (Wildman–Crippen MR) is 207 cm³/mol. The maximum Gasteiger partial charge on any atom is 0.256 e. The molecule has 1 aromatic heterocycles. The smallest absolute Gasteiger partial charge is 0.256 e. The van der Waals surface area contributed by atoms with Crippen molar-refractivity contribution in [2.75, 3.05) is 25.5 Å². The Balaban J connectivity index is 0.000000551. The number of H-pyrrole nitrogens is 1. The molecule has 4 N–H and O–H groups in total. The van der Waals surface area contributed by atoms with E-state index in [4.69, 9.17) is 16.3 Å². The minimum absolute atomic E-state index is 0.00112. The van der Waals surface area contributed by atoms with Crippen LogP contribution in [0.3, 0.4) is 0 Å². The Kier molecular flexibility index (Phi) is 18.4. The molecule has 2 atom stereocenters. The number of carbonyl (C=O) groups excluding carboxylic acids is 2. The number of nitrogens with zero attached hydrogens (tertiary/aromatic N) is 1. The first-order valence-electron chi connectivity index (χ1n) is 16.7. The average Bonchev–Trinajstić information content (AvgIpc) is 3.57. The first-order chi connectivity index (χ1) is 23.1. The first kappa shape index (κ1) is 43.4. The number of aromatic nitrogens is 1. The van der Waals surface area contributed by atoms with Gasteiger partial charge in [-0.3, -0.25) is 19.1 Å². The van der Waals surface area contributed by atoms with E-state index in [1.807, 2.05) is 32.9 Å². The summed E-state index contributed by atoms with van der Waals surface area (Å²) in [5.41, 5.74) is 0.432. The van der Waals surface area contributed by atoms with Gasteiger partial charge < -0.3 is 25.3 Å². The van der Waals surface area contributed by atoms with Gasteiger partial charge >= 0.3 is 0 Å². The summed E-state index contributed by atoms with van der Waals surface area (Å²) in [4.78, 5) is 43.1. The molecule has 1 aliphatic heterocycles. The number of likely N-dealkylation sites (tertiary alicyclic amines) is 1. The molecule has 0 saturated carbocycles. The van der Waals surface area contributed by atoms with Crippen molar-refractivity contribution in [3.8, 4) is 18.6 Å². The number of methoxy groups -OCH3 is 1. The van der Waals surface area contributed by atoms with Crippen LogP contribution >= 0.6 is 23.5 Å². The number of hydrogen-bond acceptors (Lipinski definition) is 7. The third-order valence-corrected chi connectivity index (χ3v) is 8.61. The first-order valence-corrected chi connectivity index (χ1v) is 17.9. The lowest BCUT2D eigenvalue weighted by atomic mass is 9.85. The van der Waals surface area contributed by atoms with Crippen LogP contribution in [0.2, 0.25) is 5.02 Å². The van der Waals surface area contributed by atoms with Gasteiger partial charge in [0.2, 0.25) is 11.8 Å². The number of ether oxygens (including phenoxy) is 1. The molecule has 1 aliphatic rings. The van der Waals surface area contributed by atoms with Crippen LogP contribution in [0.5, 0.6) is 5.75 Å². The number of amides is 2. The Bertz CT molecular complexity index is 1560. The normalized spacial score (nSPS) is 14.6. The summed E-state index contributed by atoms with van der Waals surface area (Å²) in [6.07, 6.45) is 12.0. The molecule has 0 spiro atoms. The van der Waals surface area contributed by atoms with E-state index in [9.17, 15) is 14.4 Å². The zero-order valence-electron chi connectivity index (χ0n) is 30.8. The Labute approximate surface area is 302 Å². The Morgan fingerprint density at radius 3 is 2.35 bits per heavy atom. The summed E-state index contributed by atoms with van der Waals surface area (Å²) >= 11 is 7.38. The van der Waals surface area contributed by atoms with Crippen molar-refractivity contribution in [1.82, 2.24) is 19.9 Å². The zero-order valence-corrected chi connectivity index (χ0v) is 32.4. The summed E-state index contributed by atoms with van der Waals surface area (Å²) in [6, 6.07) is 12.4. The highest BCUT2D eigenvalue weighted by Gasteiger charge is 2.41. The molecular weight excluding hydrogens is 658 g/mol. The minimum Gasteiger partial charge on any atom is -0.495 e. The fourth-order valence-corrected chi connectivity index (χ4v) is 5.81. The molecule has 2 heterocycles. The standard InChI is InChI=1S/C24H40N4O2S.C10H8ClNO2.C2H6.C2H2/c1-8-14-25-21(29)19-13-10-15-28(19)22(30)20(23(2,3)4)26-17-11-9-12-18(16-17)31-27-24(5,6)7;1-14-9-5-12-10(13)8-4-6(11)2-3-7(8)9;2*1-2/h9,11-12,16,19-20,26-27H,8,10,13-15H2,1-7H3,(H,25,29);2-5H,1H3,(H,12,13);1-2H3;1-2H/t19-,20?;;;/m0.../s1. The fourth-order valence-electron chi connectivity index (χ4n) is 4.89. The van der Waals surface area contributed by atoms with Gasteiger partial charge in [0.05, 0.1) is 12.5 Å². The number of aromatic amines is 1. The van der Waals surface area contributed by atoms with Crippen LogP contribution in [0.4, 0.5) is 5.69 Å². The molecule has 270 valence electrons. The van der Waals surface area contributed by atoms with E-state index in [0.29, 0.717) is 29.2 Å². The highest BCUT2D eigenvalue weighted by Crippen LogP contribution is 2.30. The maximum atomic E-state index is 13.6. The SMILES string of the molecule is C#C.CC.CCCNC(=O)[C@@H]1CCCN1C(=O)C(Nc1cccc(SNC(C)(C)C)c1)C(C)(C)C.COc1c[nH]c(=O)c2cc(Cl)ccc12. The predicted octanol–water partition coefficient (Wildman–Crippen LogP) is 7.89. The lowest BCUT2D eigenvalue weighted by Crippen LogP contribution is -2.54. The Hall–Kier alpha value is -3.65. The third kappa shape index (κ3) is 13.6. The van der Waals surface area contributed by atoms with Gasteiger partial charge in [0, 0.05) is 45.8 Å². The van der Waals surface area contributed by atoms with Crippen LogP contribution in [0.25, 0.3) is 10.8 Å². The van der Waals surface area contributed by atoms with Crippen LogP contribution in [0, 0.1) is 18.3 Å². The lowest BCUT2D eigenvalue weighted by molar-refractivity contribution is -0.140. The molecule has 11 heteroatoms. The second-order valence-corrected chi connectivity index (χ2v) is 14.6. The van der Waals surface area contributed by atoms with Crippen molar-refractivity contribution < 1.29 is 14.3 Å². The van der Waals surface area contributed by atoms with Crippen molar-refractivity contribution in [2.45, 2.75) is 104 Å². The van der Waals surface area contributed by atoms with Gasteiger partial charge in [-0.25, -0.2) is 0 Å². The summed E-state index contributed by atoms with van der Waals surface area (Å²) in [7, 11) is 1.56. The van der Waals surface area contributed by atoms with Crippen molar-refractivity contribution in [3.63, 3.8) is 0 Å². The molecule has 0 aliphatic carbocycles. The van der Waals surface area contributed by atoms with Crippen molar-refractivity contribution in [2.24, 2.45) is 5.41 Å². The minimum atomic E-state index is -0.428. The molecule has 1 saturated heterocycles. The number of benzene rings is 2. The van der Waals surface area contributed by atoms with E-state index in [0.717, 1.165) is 35.2 Å². The molecule has 0 radical (unpaired) electrons. The number of hydrogen-bond donors (Lipinski definition) is 4. The number of rotatable bonds is 9. The van der Waals surface area contributed by atoms with Crippen LogP contribution in [0.15, 0.2) is 58.4 Å². The lowest BCUT2D eigenvalue weighted by Gasteiger charge is -2.36. The second kappa shape index (κ2) is 20.8. The summed E-state index contributed by atoms with van der Waals surface area (Å²) < 4.78 is 8.53. The van der Waals surface area contributed by atoms with E-state index in [2.05, 4.69) is 86.9 Å². The van der Waals surface area contributed by atoms with Crippen molar-refractivity contribution >= 4 is 51.8 Å². The average molecular weight is 714 g/mol. The number of halogens is 1. The number of nitrogens with one attached hydrogen (secondary N) is 4. The number of fused-ring (bicyclic) bond motifs is 1. The molecule has 1 unspecified atom stereocenters. The fraction of sp³-hybridized carbons (Fsp3) is 0.500. The van der Waals surface area contributed by atoms with Gasteiger partial charge in [0.25, 0.3) is 5.56 Å². The number of carbonyl (C=O) groups is 2. The second-order valence-electron chi connectivity index (χ2n) is 13.3. The number of terminal acetylenes is 1. The highest BCUT2D eigenvalue weighted by atomic mass is 35.5. The zero-order chi connectivity index (χ0) is 37.4. The van der Waals surface area contributed by atoms with E-state index in [-0.39, 0.29) is 34.4 Å². The molecule has 0 bridgehead atoms. The highest BCUT2D eigenvalue weighted by molar-refractivity contribution is 7.97. The third-order valence-electron chi connectivity index (χ3n) is 7.17. The molecule has 2 aromatic carbocycles. The Morgan fingerprint density at radius 1 is 1.08 bits per heavy atom. The molecule has 4 rings (SSSR count). The monoisotopic (exact) mass is 713 g/mol. The van der Waals surface area contributed by atoms with E-state index < -0.39 is 6.04 Å². The molecule has 3 aromatic rings.